The highest BCUT2D eigenvalue weighted by atomic mass is 32.2. The molecule has 1 unspecified atom stereocenters. The molecule has 1 atom stereocenters. The van der Waals surface area contributed by atoms with E-state index in [9.17, 15) is 13.5 Å². The predicted molar refractivity (Wildman–Crippen MR) is 91.9 cm³/mol. The Hall–Kier alpha value is -0.950. The standard InChI is InChI=1S/C17H28N2O3S/c1-13-6-8-19(9-7-13)12-16(20)11-18-23(21,22)17-5-4-14(2)10-15(17)3/h4-5,10,13,16,18,20H,6-9,11-12H2,1-3H3. The van der Waals surface area contributed by atoms with E-state index in [0.29, 0.717) is 6.54 Å². The SMILES string of the molecule is Cc1ccc(S(=O)(=O)NCC(O)CN2CCC(C)CC2)c(C)c1. The van der Waals surface area contributed by atoms with Crippen LogP contribution in [0.4, 0.5) is 0 Å². The number of aryl methyl sites for hydroxylation is 2. The van der Waals surface area contributed by atoms with Crippen LogP contribution in [0.1, 0.15) is 30.9 Å². The molecule has 1 aromatic carbocycles. The van der Waals surface area contributed by atoms with Crippen LogP contribution in [0.3, 0.4) is 0 Å². The number of nitrogens with one attached hydrogen (secondary N) is 1. The van der Waals surface area contributed by atoms with Crippen molar-refractivity contribution in [2.45, 2.75) is 44.6 Å². The first-order chi connectivity index (χ1) is 10.8. The summed E-state index contributed by atoms with van der Waals surface area (Å²) in [6, 6.07) is 5.25. The van der Waals surface area contributed by atoms with E-state index in [2.05, 4.69) is 16.5 Å². The second-order valence-electron chi connectivity index (χ2n) is 6.76. The third-order valence-corrected chi connectivity index (χ3v) is 6.06. The number of hydrogen-bond acceptors (Lipinski definition) is 4. The smallest absolute Gasteiger partial charge is 0.240 e. The lowest BCUT2D eigenvalue weighted by Gasteiger charge is -2.31. The Bertz CT molecular complexity index is 623. The number of rotatable bonds is 6. The van der Waals surface area contributed by atoms with E-state index in [0.717, 1.165) is 43.0 Å². The van der Waals surface area contributed by atoms with Crippen molar-refractivity contribution in [3.63, 3.8) is 0 Å². The minimum atomic E-state index is -3.58. The number of sulfonamides is 1. The van der Waals surface area contributed by atoms with Gasteiger partial charge in [0.25, 0.3) is 0 Å². The van der Waals surface area contributed by atoms with Crippen LogP contribution in [0.2, 0.25) is 0 Å². The number of aliphatic hydroxyl groups excluding tert-OH is 1. The van der Waals surface area contributed by atoms with Crippen LogP contribution in [-0.2, 0) is 10.0 Å². The molecule has 0 radical (unpaired) electrons. The van der Waals surface area contributed by atoms with Crippen molar-refractivity contribution in [2.75, 3.05) is 26.2 Å². The van der Waals surface area contributed by atoms with E-state index in [1.165, 1.54) is 0 Å². The third-order valence-electron chi connectivity index (χ3n) is 4.47. The van der Waals surface area contributed by atoms with E-state index in [1.807, 2.05) is 13.0 Å². The van der Waals surface area contributed by atoms with Crippen LogP contribution in [0, 0.1) is 19.8 Å². The van der Waals surface area contributed by atoms with Gasteiger partial charge in [-0.3, -0.25) is 0 Å². The molecule has 130 valence electrons. The van der Waals surface area contributed by atoms with Crippen molar-refractivity contribution in [2.24, 2.45) is 5.92 Å². The van der Waals surface area contributed by atoms with Gasteiger partial charge < -0.3 is 10.0 Å². The first-order valence-corrected chi connectivity index (χ1v) is 9.73. The highest BCUT2D eigenvalue weighted by molar-refractivity contribution is 7.89. The lowest BCUT2D eigenvalue weighted by molar-refractivity contribution is 0.0942. The van der Waals surface area contributed by atoms with Gasteiger partial charge in [0, 0.05) is 13.1 Å². The molecule has 0 saturated carbocycles. The maximum atomic E-state index is 12.4. The zero-order valence-electron chi connectivity index (χ0n) is 14.2. The fourth-order valence-corrected chi connectivity index (χ4v) is 4.29. The number of benzene rings is 1. The first-order valence-electron chi connectivity index (χ1n) is 8.25. The van der Waals surface area contributed by atoms with Crippen molar-refractivity contribution >= 4 is 10.0 Å². The van der Waals surface area contributed by atoms with Crippen LogP contribution >= 0.6 is 0 Å². The molecule has 0 aliphatic carbocycles. The first kappa shape index (κ1) is 18.4. The number of hydrogen-bond donors (Lipinski definition) is 2. The highest BCUT2D eigenvalue weighted by Gasteiger charge is 2.21. The van der Waals surface area contributed by atoms with Crippen molar-refractivity contribution in [1.82, 2.24) is 9.62 Å². The average molecular weight is 340 g/mol. The van der Waals surface area contributed by atoms with E-state index < -0.39 is 16.1 Å². The molecule has 1 aromatic rings. The molecular formula is C17H28N2O3S. The average Bonchev–Trinajstić information content (AvgIpc) is 2.47. The molecular weight excluding hydrogens is 312 g/mol. The molecule has 0 amide bonds. The molecule has 0 bridgehead atoms. The molecule has 0 aromatic heterocycles. The molecule has 23 heavy (non-hydrogen) atoms. The minimum Gasteiger partial charge on any atom is -0.390 e. The molecule has 1 saturated heterocycles. The quantitative estimate of drug-likeness (QED) is 0.826. The monoisotopic (exact) mass is 340 g/mol. The van der Waals surface area contributed by atoms with Gasteiger partial charge in [0.05, 0.1) is 11.0 Å². The van der Waals surface area contributed by atoms with Crippen molar-refractivity contribution in [1.29, 1.82) is 0 Å². The second kappa shape index (κ2) is 7.75. The maximum absolute atomic E-state index is 12.4. The summed E-state index contributed by atoms with van der Waals surface area (Å²) in [6.45, 7) is 8.46. The summed E-state index contributed by atoms with van der Waals surface area (Å²) in [7, 11) is -3.58. The maximum Gasteiger partial charge on any atom is 0.240 e. The second-order valence-corrected chi connectivity index (χ2v) is 8.49. The van der Waals surface area contributed by atoms with Crippen LogP contribution in [0.15, 0.2) is 23.1 Å². The molecule has 1 heterocycles. The predicted octanol–water partition coefficient (Wildman–Crippen LogP) is 1.67. The molecule has 1 aliphatic heterocycles. The fraction of sp³-hybridized carbons (Fsp3) is 0.647. The van der Waals surface area contributed by atoms with Gasteiger partial charge in [-0.05, 0) is 57.3 Å². The normalized spacial score (nSPS) is 19.0. The Kier molecular flexibility index (Phi) is 6.19. The van der Waals surface area contributed by atoms with Crippen LogP contribution in [0.25, 0.3) is 0 Å². The van der Waals surface area contributed by atoms with Gasteiger partial charge in [-0.1, -0.05) is 24.6 Å². The lowest BCUT2D eigenvalue weighted by atomic mass is 9.99. The summed E-state index contributed by atoms with van der Waals surface area (Å²) in [5, 5.41) is 10.1. The molecule has 5 nitrogen and oxygen atoms in total. The van der Waals surface area contributed by atoms with Gasteiger partial charge in [-0.15, -0.1) is 0 Å². The van der Waals surface area contributed by atoms with Crippen LogP contribution in [0.5, 0.6) is 0 Å². The Balaban J connectivity index is 1.88. The fourth-order valence-electron chi connectivity index (χ4n) is 2.99. The van der Waals surface area contributed by atoms with Gasteiger partial charge >= 0.3 is 0 Å². The summed E-state index contributed by atoms with van der Waals surface area (Å²) >= 11 is 0. The summed E-state index contributed by atoms with van der Waals surface area (Å²) in [6.07, 6.45) is 1.59. The minimum absolute atomic E-state index is 0.0434. The molecule has 1 fully saturated rings. The van der Waals surface area contributed by atoms with E-state index in [1.54, 1.807) is 19.1 Å². The number of piperidine rings is 1. The van der Waals surface area contributed by atoms with Gasteiger partial charge in [0.1, 0.15) is 0 Å². The van der Waals surface area contributed by atoms with Gasteiger partial charge in [0.2, 0.25) is 10.0 Å². The topological polar surface area (TPSA) is 69.6 Å². The molecule has 6 heteroatoms. The van der Waals surface area contributed by atoms with Crippen LogP contribution < -0.4 is 4.72 Å². The van der Waals surface area contributed by atoms with Gasteiger partial charge in [-0.2, -0.15) is 0 Å². The number of likely N-dealkylation sites (tertiary alicyclic amines) is 1. The van der Waals surface area contributed by atoms with Crippen LogP contribution in [-0.4, -0.2) is 50.7 Å². The van der Waals surface area contributed by atoms with E-state index in [-0.39, 0.29) is 11.4 Å². The summed E-state index contributed by atoms with van der Waals surface area (Å²) < 4.78 is 27.3. The Morgan fingerprint density at radius 1 is 1.30 bits per heavy atom. The van der Waals surface area contributed by atoms with Crippen molar-refractivity contribution in [3.05, 3.63) is 29.3 Å². The zero-order chi connectivity index (χ0) is 17.0. The van der Waals surface area contributed by atoms with Gasteiger partial charge in [0.15, 0.2) is 0 Å². The van der Waals surface area contributed by atoms with Crippen molar-refractivity contribution < 1.29 is 13.5 Å². The van der Waals surface area contributed by atoms with Gasteiger partial charge in [-0.25, -0.2) is 13.1 Å². The lowest BCUT2D eigenvalue weighted by Crippen LogP contribution is -2.43. The molecule has 1 aliphatic rings. The van der Waals surface area contributed by atoms with E-state index in [4.69, 9.17) is 0 Å². The Labute approximate surface area is 139 Å². The number of aliphatic hydroxyl groups is 1. The third kappa shape index (κ3) is 5.28. The summed E-state index contributed by atoms with van der Waals surface area (Å²) in [5.74, 6) is 0.742. The van der Waals surface area contributed by atoms with E-state index >= 15 is 0 Å². The Morgan fingerprint density at radius 3 is 2.57 bits per heavy atom. The largest absolute Gasteiger partial charge is 0.390 e. The zero-order valence-corrected chi connectivity index (χ0v) is 15.1. The highest BCUT2D eigenvalue weighted by Crippen LogP contribution is 2.17. The summed E-state index contributed by atoms with van der Waals surface area (Å²) in [4.78, 5) is 2.48. The van der Waals surface area contributed by atoms with Crippen molar-refractivity contribution in [3.8, 4) is 0 Å². The number of nitrogens with zero attached hydrogens (tertiary/aromatic N) is 1. The molecule has 2 N–H and O–H groups in total. The molecule has 0 spiro atoms. The molecule has 2 rings (SSSR count). The number of β-amino-alcohol motifs (C(OH)–C–C–N with tert-alkyl or cyclic N) is 1. The summed E-state index contributed by atoms with van der Waals surface area (Å²) in [5.41, 5.74) is 1.75. The Morgan fingerprint density at radius 2 is 1.96 bits per heavy atom.